The molecule has 0 aliphatic carbocycles. The molecule has 28 heavy (non-hydrogen) atoms. The van der Waals surface area contributed by atoms with Gasteiger partial charge in [-0.2, -0.15) is 5.10 Å². The molecule has 1 aliphatic heterocycles. The van der Waals surface area contributed by atoms with Crippen molar-refractivity contribution in [1.82, 2.24) is 10.3 Å². The van der Waals surface area contributed by atoms with Crippen LogP contribution in [-0.4, -0.2) is 62.0 Å². The van der Waals surface area contributed by atoms with E-state index in [1.807, 2.05) is 13.8 Å². The number of sulfone groups is 1. The smallest absolute Gasteiger partial charge is 0.260 e. The van der Waals surface area contributed by atoms with Crippen molar-refractivity contribution in [2.24, 2.45) is 11.0 Å². The summed E-state index contributed by atoms with van der Waals surface area (Å²) < 4.78 is 28.4. The summed E-state index contributed by atoms with van der Waals surface area (Å²) in [5, 5.41) is 4.06. The maximum Gasteiger partial charge on any atom is 0.260 e. The van der Waals surface area contributed by atoms with Crippen molar-refractivity contribution in [2.75, 3.05) is 31.2 Å². The number of ether oxygens (including phenoxy) is 1. The van der Waals surface area contributed by atoms with Gasteiger partial charge in [-0.05, 0) is 57.0 Å². The molecule has 1 aromatic rings. The molecular weight excluding hydrogens is 382 g/mol. The Balaban J connectivity index is 1.88. The zero-order valence-corrected chi connectivity index (χ0v) is 17.3. The van der Waals surface area contributed by atoms with Crippen molar-refractivity contribution in [1.29, 1.82) is 0 Å². The molecule has 0 bridgehead atoms. The number of likely N-dealkylation sites (N-methyl/N-ethyl adjacent to an activating group) is 1. The van der Waals surface area contributed by atoms with Crippen LogP contribution in [0.2, 0.25) is 0 Å². The topological polar surface area (TPSA) is 105 Å². The molecule has 1 aliphatic rings. The molecule has 1 aromatic carbocycles. The number of rotatable bonds is 8. The average Bonchev–Trinajstić information content (AvgIpc) is 3.05. The molecule has 154 valence electrons. The average molecular weight is 410 g/mol. The first kappa shape index (κ1) is 21.9. The highest BCUT2D eigenvalue weighted by molar-refractivity contribution is 7.91. The number of carbonyl (C=O) groups is 2. The van der Waals surface area contributed by atoms with Crippen LogP contribution in [0.15, 0.2) is 29.4 Å². The van der Waals surface area contributed by atoms with Crippen LogP contribution in [0.3, 0.4) is 0 Å². The number of carbonyl (C=O) groups excluding carboxylic acids is 2. The molecule has 0 radical (unpaired) electrons. The van der Waals surface area contributed by atoms with Gasteiger partial charge in [-0.3, -0.25) is 9.59 Å². The lowest BCUT2D eigenvalue weighted by Crippen LogP contribution is -2.34. The van der Waals surface area contributed by atoms with Crippen LogP contribution >= 0.6 is 0 Å². The van der Waals surface area contributed by atoms with Crippen LogP contribution in [0.1, 0.15) is 32.8 Å². The zero-order valence-electron chi connectivity index (χ0n) is 16.5. The Hall–Kier alpha value is -2.42. The van der Waals surface area contributed by atoms with E-state index >= 15 is 0 Å². The van der Waals surface area contributed by atoms with Crippen molar-refractivity contribution in [2.45, 2.75) is 27.2 Å². The van der Waals surface area contributed by atoms with E-state index < -0.39 is 15.8 Å². The van der Waals surface area contributed by atoms with E-state index in [9.17, 15) is 18.0 Å². The summed E-state index contributed by atoms with van der Waals surface area (Å²) in [7, 11) is -3.11. The number of benzene rings is 1. The third-order valence-electron chi connectivity index (χ3n) is 4.69. The molecule has 1 saturated heterocycles. The molecule has 0 saturated carbocycles. The molecule has 0 unspecified atom stereocenters. The number of nitrogens with one attached hydrogen (secondary N) is 1. The quantitative estimate of drug-likeness (QED) is 0.513. The minimum absolute atomic E-state index is 0.0194. The lowest BCUT2D eigenvalue weighted by Gasteiger charge is -2.18. The Labute approximate surface area is 165 Å². The fourth-order valence-corrected chi connectivity index (χ4v) is 4.64. The van der Waals surface area contributed by atoms with Crippen molar-refractivity contribution < 1.29 is 22.7 Å². The van der Waals surface area contributed by atoms with Gasteiger partial charge in [0.05, 0.1) is 23.1 Å². The molecule has 9 heteroatoms. The summed E-state index contributed by atoms with van der Waals surface area (Å²) in [5.74, 6) is -0.492. The highest BCUT2D eigenvalue weighted by Gasteiger charge is 2.32. The maximum atomic E-state index is 12.0. The fraction of sp³-hybridized carbons (Fsp3) is 0.526. The van der Waals surface area contributed by atoms with Gasteiger partial charge in [-0.1, -0.05) is 0 Å². The van der Waals surface area contributed by atoms with Gasteiger partial charge in [-0.15, -0.1) is 0 Å². The second-order valence-corrected chi connectivity index (χ2v) is 8.88. The number of hydrogen-bond donors (Lipinski definition) is 1. The van der Waals surface area contributed by atoms with Crippen LogP contribution < -0.4 is 10.2 Å². The highest BCUT2D eigenvalue weighted by Crippen LogP contribution is 2.18. The molecule has 1 fully saturated rings. The molecule has 1 heterocycles. The van der Waals surface area contributed by atoms with Crippen LogP contribution in [0.25, 0.3) is 0 Å². The molecule has 0 spiro atoms. The minimum atomic E-state index is -3.11. The third kappa shape index (κ3) is 6.05. The Bertz CT molecular complexity index is 830. The lowest BCUT2D eigenvalue weighted by atomic mass is 10.1. The van der Waals surface area contributed by atoms with Gasteiger partial charge in [-0.25, -0.2) is 13.8 Å². The molecule has 1 N–H and O–H groups in total. The van der Waals surface area contributed by atoms with Crippen LogP contribution in [-0.2, 0) is 19.4 Å². The second kappa shape index (κ2) is 9.68. The van der Waals surface area contributed by atoms with E-state index in [0.29, 0.717) is 31.0 Å². The molecule has 8 nitrogen and oxygen atoms in total. The van der Waals surface area contributed by atoms with Gasteiger partial charge in [0, 0.05) is 13.1 Å². The van der Waals surface area contributed by atoms with Crippen LogP contribution in [0, 0.1) is 5.92 Å². The van der Waals surface area contributed by atoms with Crippen molar-refractivity contribution in [3.8, 4) is 5.75 Å². The summed E-state index contributed by atoms with van der Waals surface area (Å²) in [5.41, 5.74) is 3.81. The molecule has 2 amide bonds. The van der Waals surface area contributed by atoms with E-state index in [-0.39, 0.29) is 29.9 Å². The van der Waals surface area contributed by atoms with Gasteiger partial charge in [0.15, 0.2) is 16.4 Å². The molecule has 2 rings (SSSR count). The Morgan fingerprint density at radius 2 is 1.86 bits per heavy atom. The standard InChI is InChI=1S/C19H27N3O5S/c1-4-22(5-2)18(23)12-27-17-8-6-15(7-9-17)14(3)20-21-19(24)16-10-11-28(25,26)13-16/h6-9,16H,4-5,10-13H2,1-3H3,(H,21,24)/b20-14-/t16-/m1/s1. The predicted octanol–water partition coefficient (Wildman–Crippen LogP) is 1.21. The van der Waals surface area contributed by atoms with Gasteiger partial charge >= 0.3 is 0 Å². The Morgan fingerprint density at radius 3 is 2.39 bits per heavy atom. The van der Waals surface area contributed by atoms with Crippen molar-refractivity contribution in [3.05, 3.63) is 29.8 Å². The lowest BCUT2D eigenvalue weighted by molar-refractivity contribution is -0.133. The number of hydrazone groups is 1. The summed E-state index contributed by atoms with van der Waals surface area (Å²) in [6, 6.07) is 7.02. The van der Waals surface area contributed by atoms with E-state index in [2.05, 4.69) is 10.5 Å². The van der Waals surface area contributed by atoms with E-state index in [0.717, 1.165) is 5.56 Å². The molecule has 0 aromatic heterocycles. The summed E-state index contributed by atoms with van der Waals surface area (Å²) >= 11 is 0. The largest absolute Gasteiger partial charge is 0.484 e. The van der Waals surface area contributed by atoms with Crippen LogP contribution in [0.5, 0.6) is 5.75 Å². The summed E-state index contributed by atoms with van der Waals surface area (Å²) in [6.07, 6.45) is 0.334. The number of nitrogens with zero attached hydrogens (tertiary/aromatic N) is 2. The predicted molar refractivity (Wildman–Crippen MR) is 107 cm³/mol. The molecular formula is C19H27N3O5S. The van der Waals surface area contributed by atoms with Gasteiger partial charge in [0.1, 0.15) is 5.75 Å². The minimum Gasteiger partial charge on any atom is -0.484 e. The highest BCUT2D eigenvalue weighted by atomic mass is 32.2. The zero-order chi connectivity index (χ0) is 20.7. The number of amides is 2. The van der Waals surface area contributed by atoms with Gasteiger partial charge < -0.3 is 9.64 Å². The van der Waals surface area contributed by atoms with E-state index in [4.69, 9.17) is 4.74 Å². The summed E-state index contributed by atoms with van der Waals surface area (Å²) in [4.78, 5) is 25.7. The SMILES string of the molecule is CCN(CC)C(=O)COc1ccc(/C(C)=N\NC(=O)[C@@H]2CCS(=O)(=O)C2)cc1. The maximum absolute atomic E-state index is 12.0. The third-order valence-corrected chi connectivity index (χ3v) is 6.46. The first-order chi connectivity index (χ1) is 13.3. The first-order valence-corrected chi connectivity index (χ1v) is 11.1. The normalized spacial score (nSPS) is 18.5. The van der Waals surface area contributed by atoms with E-state index in [1.165, 1.54) is 0 Å². The summed E-state index contributed by atoms with van der Waals surface area (Å²) in [6.45, 7) is 6.85. The molecule has 1 atom stereocenters. The van der Waals surface area contributed by atoms with Crippen molar-refractivity contribution >= 4 is 27.4 Å². The Kier molecular flexibility index (Phi) is 7.56. The first-order valence-electron chi connectivity index (χ1n) is 9.31. The Morgan fingerprint density at radius 1 is 1.21 bits per heavy atom. The monoisotopic (exact) mass is 409 g/mol. The fourth-order valence-electron chi connectivity index (χ4n) is 2.90. The van der Waals surface area contributed by atoms with Crippen molar-refractivity contribution in [3.63, 3.8) is 0 Å². The van der Waals surface area contributed by atoms with Gasteiger partial charge in [0.25, 0.3) is 5.91 Å². The van der Waals surface area contributed by atoms with Crippen LogP contribution in [0.4, 0.5) is 0 Å². The number of hydrogen-bond acceptors (Lipinski definition) is 6. The second-order valence-electron chi connectivity index (χ2n) is 6.65. The van der Waals surface area contributed by atoms with E-state index in [1.54, 1.807) is 36.1 Å². The van der Waals surface area contributed by atoms with Gasteiger partial charge in [0.2, 0.25) is 5.91 Å².